The summed E-state index contributed by atoms with van der Waals surface area (Å²) in [5.41, 5.74) is 0. The number of halogens is 1. The number of hydrogen-bond acceptors (Lipinski definition) is 1. The lowest BCUT2D eigenvalue weighted by atomic mass is 10.2. The third kappa shape index (κ3) is 5.36. The fourth-order valence-electron chi connectivity index (χ4n) is 2.49. The summed E-state index contributed by atoms with van der Waals surface area (Å²) in [5.74, 6) is 0. The van der Waals surface area contributed by atoms with E-state index in [0.29, 0.717) is 0 Å². The van der Waals surface area contributed by atoms with Crippen molar-refractivity contribution in [2.45, 2.75) is 65.2 Å². The van der Waals surface area contributed by atoms with Crippen LogP contribution in [0.5, 0.6) is 0 Å². The fraction of sp³-hybridized carbons (Fsp3) is 0.933. The molecular weight excluding hydrogens is 227 g/mol. The molecule has 0 fully saturated rings. The summed E-state index contributed by atoms with van der Waals surface area (Å²) in [6, 6.07) is 0. The minimum absolute atomic E-state index is 0.0306. The summed E-state index contributed by atoms with van der Waals surface area (Å²) in [5, 5.41) is 0. The van der Waals surface area contributed by atoms with Crippen molar-refractivity contribution in [3.05, 3.63) is 0 Å². The summed E-state index contributed by atoms with van der Waals surface area (Å²) in [6.07, 6.45) is 9.80. The van der Waals surface area contributed by atoms with Gasteiger partial charge >= 0.3 is 6.09 Å². The van der Waals surface area contributed by atoms with Crippen LogP contribution in [0.1, 0.15) is 65.2 Å². The van der Waals surface area contributed by atoms with Gasteiger partial charge in [-0.2, -0.15) is 0 Å². The maximum absolute atomic E-state index is 14.0. The Bertz CT molecular complexity index is 251. The normalized spacial score (nSPS) is 15.8. The molecule has 0 aromatic carbocycles. The summed E-state index contributed by atoms with van der Waals surface area (Å²) in [7, 11) is 0. The van der Waals surface area contributed by atoms with Gasteiger partial charge in [-0.05, 0) is 25.7 Å². The van der Waals surface area contributed by atoms with Gasteiger partial charge < -0.3 is 0 Å². The highest BCUT2D eigenvalue weighted by atomic mass is 19.1. The second-order valence-electron chi connectivity index (χ2n) is 5.36. The van der Waals surface area contributed by atoms with E-state index in [0.717, 1.165) is 39.0 Å². The van der Waals surface area contributed by atoms with Crippen LogP contribution >= 0.6 is 0 Å². The minimum atomic E-state index is 0.0306. The van der Waals surface area contributed by atoms with Gasteiger partial charge in [-0.25, -0.2) is 9.48 Å². The molecule has 0 bridgehead atoms. The van der Waals surface area contributed by atoms with Crippen LogP contribution in [0.15, 0.2) is 0 Å². The highest BCUT2D eigenvalue weighted by molar-refractivity contribution is 5.68. The second kappa shape index (κ2) is 9.35. The predicted molar refractivity (Wildman–Crippen MR) is 76.0 cm³/mol. The molecule has 0 atom stereocenters. The zero-order valence-electron chi connectivity index (χ0n) is 12.3. The Hall–Kier alpha value is -0.600. The van der Waals surface area contributed by atoms with Crippen LogP contribution in [0.25, 0.3) is 0 Å². The largest absolute Gasteiger partial charge is 0.436 e. The Morgan fingerprint density at radius 2 is 1.67 bits per heavy atom. The lowest BCUT2D eigenvalue weighted by Gasteiger charge is -2.07. The summed E-state index contributed by atoms with van der Waals surface area (Å²) >= 11 is 0. The van der Waals surface area contributed by atoms with Crippen LogP contribution in [-0.4, -0.2) is 41.7 Å². The van der Waals surface area contributed by atoms with Gasteiger partial charge in [0.1, 0.15) is 13.1 Å². The average molecular weight is 257 g/mol. The maximum Gasteiger partial charge on any atom is 0.436 e. The van der Waals surface area contributed by atoms with Crippen LogP contribution in [0, 0.1) is 0 Å². The van der Waals surface area contributed by atoms with Crippen molar-refractivity contribution in [1.82, 2.24) is 4.90 Å². The molecule has 2 nitrogen and oxygen atoms in total. The number of unbranched alkanes of at least 4 members (excludes halogenated alkanes) is 6. The molecule has 18 heavy (non-hydrogen) atoms. The van der Waals surface area contributed by atoms with Crippen LogP contribution in [0.2, 0.25) is 0 Å². The summed E-state index contributed by atoms with van der Waals surface area (Å²) in [4.78, 5) is 1.93. The molecule has 0 unspecified atom stereocenters. The number of rotatable bonds is 10. The molecule has 0 amide bonds. The van der Waals surface area contributed by atoms with Crippen molar-refractivity contribution < 1.29 is 8.97 Å². The Balaban J connectivity index is 2.20. The van der Waals surface area contributed by atoms with E-state index in [2.05, 4.69) is 13.8 Å². The lowest BCUT2D eigenvalue weighted by molar-refractivity contribution is -0.523. The molecule has 1 heterocycles. The lowest BCUT2D eigenvalue weighted by Crippen LogP contribution is -2.27. The van der Waals surface area contributed by atoms with E-state index in [1.807, 2.05) is 9.48 Å². The van der Waals surface area contributed by atoms with E-state index in [1.54, 1.807) is 0 Å². The van der Waals surface area contributed by atoms with Crippen LogP contribution in [-0.2, 0) is 0 Å². The first kappa shape index (κ1) is 15.5. The van der Waals surface area contributed by atoms with Gasteiger partial charge in [0.05, 0.1) is 13.1 Å². The van der Waals surface area contributed by atoms with Crippen LogP contribution in [0.4, 0.5) is 4.39 Å². The zero-order chi connectivity index (χ0) is 13.2. The van der Waals surface area contributed by atoms with Crippen LogP contribution in [0.3, 0.4) is 0 Å². The second-order valence-corrected chi connectivity index (χ2v) is 5.36. The standard InChI is InChI=1S/C15H30FN2/c1-3-5-7-9-11-17-13-14-18(15(17)16)12-10-8-6-4-2/h3-14H2,1-2H3/q+1. The number of nitrogens with zero attached hydrogens (tertiary/aromatic N) is 2. The van der Waals surface area contributed by atoms with Crippen LogP contribution < -0.4 is 0 Å². The molecule has 0 saturated heterocycles. The quantitative estimate of drug-likeness (QED) is 0.328. The summed E-state index contributed by atoms with van der Waals surface area (Å²) < 4.78 is 16.0. The predicted octanol–water partition coefficient (Wildman–Crippen LogP) is 3.80. The smallest absolute Gasteiger partial charge is 0.232 e. The Morgan fingerprint density at radius 1 is 1.00 bits per heavy atom. The molecule has 1 aliphatic heterocycles. The first-order chi connectivity index (χ1) is 8.79. The highest BCUT2D eigenvalue weighted by Gasteiger charge is 2.29. The van der Waals surface area contributed by atoms with E-state index >= 15 is 0 Å². The third-order valence-electron chi connectivity index (χ3n) is 3.72. The van der Waals surface area contributed by atoms with Gasteiger partial charge in [-0.15, -0.1) is 4.39 Å². The molecule has 3 heteroatoms. The average Bonchev–Trinajstić information content (AvgIpc) is 2.72. The zero-order valence-corrected chi connectivity index (χ0v) is 12.3. The van der Waals surface area contributed by atoms with E-state index in [4.69, 9.17) is 0 Å². The SMILES string of the molecule is CCCCCCN1CC[N+](CCCCCC)=C1F. The maximum atomic E-state index is 14.0. The Labute approximate surface area is 112 Å². The molecule has 106 valence electrons. The topological polar surface area (TPSA) is 6.25 Å². The van der Waals surface area contributed by atoms with Crippen molar-refractivity contribution >= 4 is 6.09 Å². The van der Waals surface area contributed by atoms with E-state index in [-0.39, 0.29) is 6.09 Å². The monoisotopic (exact) mass is 257 g/mol. The molecule has 1 rings (SSSR count). The molecule has 1 aliphatic rings. The van der Waals surface area contributed by atoms with Gasteiger partial charge in [0.25, 0.3) is 0 Å². The molecular formula is C15H30FN2+. The Kier molecular flexibility index (Phi) is 8.03. The molecule has 0 aliphatic carbocycles. The number of amidine groups is 1. The highest BCUT2D eigenvalue weighted by Crippen LogP contribution is 2.09. The van der Waals surface area contributed by atoms with Crippen molar-refractivity contribution in [3.8, 4) is 0 Å². The van der Waals surface area contributed by atoms with Gasteiger partial charge in [-0.3, -0.25) is 0 Å². The van der Waals surface area contributed by atoms with Gasteiger partial charge in [0, 0.05) is 0 Å². The van der Waals surface area contributed by atoms with Gasteiger partial charge in [0.15, 0.2) is 0 Å². The minimum Gasteiger partial charge on any atom is -0.232 e. The van der Waals surface area contributed by atoms with E-state index in [1.165, 1.54) is 38.5 Å². The fourth-order valence-corrected chi connectivity index (χ4v) is 2.49. The summed E-state index contributed by atoms with van der Waals surface area (Å²) in [6.45, 7) is 7.98. The van der Waals surface area contributed by atoms with Crippen molar-refractivity contribution in [3.63, 3.8) is 0 Å². The van der Waals surface area contributed by atoms with Crippen molar-refractivity contribution in [2.24, 2.45) is 0 Å². The van der Waals surface area contributed by atoms with E-state index < -0.39 is 0 Å². The van der Waals surface area contributed by atoms with Crippen molar-refractivity contribution in [1.29, 1.82) is 0 Å². The number of hydrogen-bond donors (Lipinski definition) is 0. The first-order valence-corrected chi connectivity index (χ1v) is 7.82. The molecule has 0 saturated carbocycles. The van der Waals surface area contributed by atoms with Gasteiger partial charge in [-0.1, -0.05) is 39.5 Å². The third-order valence-corrected chi connectivity index (χ3v) is 3.72. The molecule has 0 aromatic rings. The van der Waals surface area contributed by atoms with Crippen molar-refractivity contribution in [2.75, 3.05) is 26.2 Å². The van der Waals surface area contributed by atoms with Gasteiger partial charge in [0.2, 0.25) is 0 Å². The first-order valence-electron chi connectivity index (χ1n) is 7.82. The molecule has 0 N–H and O–H groups in total. The molecule has 0 radical (unpaired) electrons. The molecule has 0 spiro atoms. The van der Waals surface area contributed by atoms with E-state index in [9.17, 15) is 4.39 Å². The molecule has 0 aromatic heterocycles. The Morgan fingerprint density at radius 3 is 2.33 bits per heavy atom.